The van der Waals surface area contributed by atoms with Crippen LogP contribution in [-0.4, -0.2) is 10.1 Å². The molecule has 1 aromatic carbocycles. The number of hydrogen-bond donors (Lipinski definition) is 1. The molecule has 0 aliphatic heterocycles. The Morgan fingerprint density at radius 2 is 2.13 bits per heavy atom. The molecule has 2 heterocycles. The van der Waals surface area contributed by atoms with Gasteiger partial charge in [0.2, 0.25) is 11.7 Å². The van der Waals surface area contributed by atoms with Crippen molar-refractivity contribution in [1.82, 2.24) is 15.5 Å². The monoisotopic (exact) mass is 331 g/mol. The summed E-state index contributed by atoms with van der Waals surface area (Å²) < 4.78 is 18.6. The number of hydrogen-bond acceptors (Lipinski definition) is 5. The van der Waals surface area contributed by atoms with Gasteiger partial charge in [0.15, 0.2) is 0 Å². The molecule has 3 aromatic rings. The molecule has 120 valence electrons. The van der Waals surface area contributed by atoms with E-state index in [0.717, 1.165) is 6.54 Å². The maximum absolute atomic E-state index is 13.3. The Labute approximate surface area is 138 Å². The Balaban J connectivity index is 1.69. The van der Waals surface area contributed by atoms with Gasteiger partial charge in [0.1, 0.15) is 5.82 Å². The van der Waals surface area contributed by atoms with Crippen molar-refractivity contribution in [3.05, 3.63) is 57.4 Å². The highest BCUT2D eigenvalue weighted by Crippen LogP contribution is 2.22. The summed E-state index contributed by atoms with van der Waals surface area (Å²) in [5.74, 6) is 0.577. The van der Waals surface area contributed by atoms with Gasteiger partial charge in [-0.1, -0.05) is 17.3 Å². The van der Waals surface area contributed by atoms with Crippen LogP contribution >= 0.6 is 11.3 Å². The van der Waals surface area contributed by atoms with Crippen LogP contribution in [0.25, 0.3) is 11.4 Å². The fraction of sp³-hybridized carbons (Fsp3) is 0.294. The van der Waals surface area contributed by atoms with Crippen LogP contribution in [0.2, 0.25) is 0 Å². The fourth-order valence-electron chi connectivity index (χ4n) is 2.37. The third-order valence-corrected chi connectivity index (χ3v) is 4.65. The normalized spacial score (nSPS) is 12.5. The quantitative estimate of drug-likeness (QED) is 0.752. The lowest BCUT2D eigenvalue weighted by Gasteiger charge is -2.08. The van der Waals surface area contributed by atoms with Gasteiger partial charge in [-0.05, 0) is 44.5 Å². The van der Waals surface area contributed by atoms with Gasteiger partial charge in [-0.2, -0.15) is 4.98 Å². The fourth-order valence-corrected chi connectivity index (χ4v) is 3.31. The van der Waals surface area contributed by atoms with Crippen LogP contribution in [0.4, 0.5) is 4.39 Å². The molecule has 0 fully saturated rings. The molecular weight excluding hydrogens is 313 g/mol. The van der Waals surface area contributed by atoms with E-state index < -0.39 is 0 Å². The molecule has 0 aliphatic carbocycles. The molecule has 6 heteroatoms. The first-order chi connectivity index (χ1) is 11.0. The lowest BCUT2D eigenvalue weighted by Crippen LogP contribution is -2.18. The van der Waals surface area contributed by atoms with E-state index in [0.29, 0.717) is 17.3 Å². The first-order valence-corrected chi connectivity index (χ1v) is 8.23. The van der Waals surface area contributed by atoms with Crippen molar-refractivity contribution in [3.8, 4) is 11.4 Å². The molecule has 23 heavy (non-hydrogen) atoms. The van der Waals surface area contributed by atoms with Gasteiger partial charge in [-0.3, -0.25) is 0 Å². The minimum Gasteiger partial charge on any atom is -0.337 e. The third-order valence-electron chi connectivity index (χ3n) is 3.64. The van der Waals surface area contributed by atoms with Gasteiger partial charge in [-0.15, -0.1) is 11.3 Å². The van der Waals surface area contributed by atoms with Gasteiger partial charge in [0, 0.05) is 21.9 Å². The number of rotatable bonds is 5. The largest absolute Gasteiger partial charge is 0.337 e. The topological polar surface area (TPSA) is 51.0 Å². The smallest absolute Gasteiger partial charge is 0.243 e. The van der Waals surface area contributed by atoms with Crippen molar-refractivity contribution in [2.24, 2.45) is 0 Å². The second-order valence-corrected chi connectivity index (χ2v) is 6.97. The Morgan fingerprint density at radius 3 is 2.83 bits per heavy atom. The number of nitrogens with zero attached hydrogens (tertiary/aromatic N) is 2. The summed E-state index contributed by atoms with van der Waals surface area (Å²) in [6.45, 7) is 6.94. The maximum atomic E-state index is 13.3. The molecule has 1 unspecified atom stereocenters. The minimum absolute atomic E-state index is 0.0792. The van der Waals surface area contributed by atoms with Crippen molar-refractivity contribution < 1.29 is 8.91 Å². The van der Waals surface area contributed by atoms with Crippen molar-refractivity contribution in [1.29, 1.82) is 0 Å². The Hall–Kier alpha value is -2.05. The van der Waals surface area contributed by atoms with E-state index >= 15 is 0 Å². The van der Waals surface area contributed by atoms with Gasteiger partial charge < -0.3 is 9.84 Å². The molecule has 3 rings (SSSR count). The molecule has 2 aromatic heterocycles. The van der Waals surface area contributed by atoms with Crippen molar-refractivity contribution >= 4 is 11.3 Å². The van der Waals surface area contributed by atoms with Crippen molar-refractivity contribution in [2.45, 2.75) is 33.4 Å². The summed E-state index contributed by atoms with van der Waals surface area (Å²) >= 11 is 1.79. The SMILES string of the molecule is Cc1cc(CNC(C)c2nc(-c3cccc(F)c3)no2)c(C)s1. The Morgan fingerprint density at radius 1 is 1.30 bits per heavy atom. The molecule has 0 bridgehead atoms. The molecule has 0 saturated carbocycles. The van der Waals surface area contributed by atoms with E-state index in [-0.39, 0.29) is 11.9 Å². The van der Waals surface area contributed by atoms with Crippen LogP contribution in [0, 0.1) is 19.7 Å². The zero-order valence-corrected chi connectivity index (χ0v) is 14.1. The molecule has 0 radical (unpaired) electrons. The van der Waals surface area contributed by atoms with E-state index in [9.17, 15) is 4.39 Å². The number of benzene rings is 1. The number of thiophene rings is 1. The lowest BCUT2D eigenvalue weighted by molar-refractivity contribution is 0.339. The first kappa shape index (κ1) is 15.8. The second kappa shape index (κ2) is 6.60. The molecule has 1 atom stereocenters. The standard InChI is InChI=1S/C17H18FN3OS/c1-10-7-14(12(3)23-10)9-19-11(2)17-20-16(21-22-17)13-5-4-6-15(18)8-13/h4-8,11,19H,9H2,1-3H3. The maximum Gasteiger partial charge on any atom is 0.243 e. The molecular formula is C17H18FN3OS. The van der Waals surface area contributed by atoms with E-state index in [1.165, 1.54) is 27.5 Å². The van der Waals surface area contributed by atoms with Gasteiger partial charge in [0.05, 0.1) is 6.04 Å². The molecule has 0 amide bonds. The van der Waals surface area contributed by atoms with E-state index in [1.54, 1.807) is 23.5 Å². The number of halogens is 1. The summed E-state index contributed by atoms with van der Waals surface area (Å²) in [6, 6.07) is 8.28. The van der Waals surface area contributed by atoms with Gasteiger partial charge >= 0.3 is 0 Å². The highest BCUT2D eigenvalue weighted by Gasteiger charge is 2.15. The van der Waals surface area contributed by atoms with E-state index in [4.69, 9.17) is 4.52 Å². The van der Waals surface area contributed by atoms with Crippen LogP contribution in [0.5, 0.6) is 0 Å². The summed E-state index contributed by atoms with van der Waals surface area (Å²) in [6.07, 6.45) is 0. The zero-order valence-electron chi connectivity index (χ0n) is 13.3. The van der Waals surface area contributed by atoms with Crippen LogP contribution < -0.4 is 5.32 Å². The average Bonchev–Trinajstić information content (AvgIpc) is 3.12. The number of nitrogens with one attached hydrogen (secondary N) is 1. The number of aromatic nitrogens is 2. The van der Waals surface area contributed by atoms with E-state index in [2.05, 4.69) is 35.4 Å². The Bertz CT molecular complexity index is 812. The van der Waals surface area contributed by atoms with Crippen LogP contribution in [0.1, 0.15) is 34.2 Å². The van der Waals surface area contributed by atoms with Crippen LogP contribution in [-0.2, 0) is 6.54 Å². The molecule has 1 N–H and O–H groups in total. The molecule has 0 aliphatic rings. The lowest BCUT2D eigenvalue weighted by atomic mass is 10.2. The second-order valence-electron chi connectivity index (χ2n) is 5.51. The zero-order chi connectivity index (χ0) is 16.4. The highest BCUT2D eigenvalue weighted by atomic mass is 32.1. The minimum atomic E-state index is -0.316. The summed E-state index contributed by atoms with van der Waals surface area (Å²) in [5.41, 5.74) is 1.89. The predicted octanol–water partition coefficient (Wildman–Crippen LogP) is 4.40. The summed E-state index contributed by atoms with van der Waals surface area (Å²) in [4.78, 5) is 6.97. The number of aryl methyl sites for hydroxylation is 2. The predicted molar refractivity (Wildman–Crippen MR) is 88.7 cm³/mol. The first-order valence-electron chi connectivity index (χ1n) is 7.42. The Kier molecular flexibility index (Phi) is 4.54. The summed E-state index contributed by atoms with van der Waals surface area (Å²) in [5, 5.41) is 7.32. The third kappa shape index (κ3) is 3.65. The van der Waals surface area contributed by atoms with Crippen molar-refractivity contribution in [2.75, 3.05) is 0 Å². The highest BCUT2D eigenvalue weighted by molar-refractivity contribution is 7.12. The van der Waals surface area contributed by atoms with Gasteiger partial charge in [0.25, 0.3) is 0 Å². The molecule has 4 nitrogen and oxygen atoms in total. The summed E-state index contributed by atoms with van der Waals surface area (Å²) in [7, 11) is 0. The molecule has 0 spiro atoms. The average molecular weight is 331 g/mol. The van der Waals surface area contributed by atoms with Crippen LogP contribution in [0.3, 0.4) is 0 Å². The van der Waals surface area contributed by atoms with Gasteiger partial charge in [-0.25, -0.2) is 4.39 Å². The van der Waals surface area contributed by atoms with E-state index in [1.807, 2.05) is 6.92 Å². The molecule has 0 saturated heterocycles. The van der Waals surface area contributed by atoms with Crippen LogP contribution in [0.15, 0.2) is 34.9 Å². The van der Waals surface area contributed by atoms with Crippen molar-refractivity contribution in [3.63, 3.8) is 0 Å².